The molecule has 1 aromatic heterocycles. The number of nitro benzene ring substituents is 1. The molecule has 1 aliphatic rings. The van der Waals surface area contributed by atoms with Gasteiger partial charge in [-0.3, -0.25) is 14.9 Å². The van der Waals surface area contributed by atoms with E-state index < -0.39 is 10.8 Å². The van der Waals surface area contributed by atoms with Crippen molar-refractivity contribution in [2.24, 2.45) is 0 Å². The Hall–Kier alpha value is -3.24. The highest BCUT2D eigenvalue weighted by molar-refractivity contribution is 6.03. The second kappa shape index (κ2) is 5.03. The first-order valence-corrected chi connectivity index (χ1v) is 5.78. The lowest BCUT2D eigenvalue weighted by Gasteiger charge is -2.19. The summed E-state index contributed by atoms with van der Waals surface area (Å²) in [6, 6.07) is 2.52. The number of nitro groups is 1. The Kier molecular flexibility index (Phi) is 3.06. The van der Waals surface area contributed by atoms with Crippen molar-refractivity contribution >= 4 is 17.3 Å². The molecular formula is C10H8N6O5. The number of amides is 1. The van der Waals surface area contributed by atoms with E-state index in [9.17, 15) is 14.9 Å². The SMILES string of the molecule is O=C(Nc1cc2c(cc1[N+](=O)[O-])OCCO2)c1nn[nH]n1. The van der Waals surface area contributed by atoms with Gasteiger partial charge in [-0.1, -0.05) is 0 Å². The number of H-pyrrole nitrogens is 1. The van der Waals surface area contributed by atoms with Gasteiger partial charge in [-0.05, 0) is 5.21 Å². The largest absolute Gasteiger partial charge is 0.486 e. The highest BCUT2D eigenvalue weighted by Gasteiger charge is 2.24. The minimum Gasteiger partial charge on any atom is -0.486 e. The number of anilines is 1. The summed E-state index contributed by atoms with van der Waals surface area (Å²) in [4.78, 5) is 22.3. The fourth-order valence-corrected chi connectivity index (χ4v) is 1.77. The van der Waals surface area contributed by atoms with Crippen molar-refractivity contribution in [2.45, 2.75) is 0 Å². The molecule has 0 radical (unpaired) electrons. The van der Waals surface area contributed by atoms with Crippen LogP contribution in [0, 0.1) is 10.1 Å². The van der Waals surface area contributed by atoms with Crippen LogP contribution in [-0.2, 0) is 0 Å². The van der Waals surface area contributed by atoms with Crippen LogP contribution in [0.25, 0.3) is 0 Å². The van der Waals surface area contributed by atoms with E-state index in [1.165, 1.54) is 12.1 Å². The Bertz CT molecular complexity index is 700. The summed E-state index contributed by atoms with van der Waals surface area (Å²) < 4.78 is 10.6. The molecule has 0 saturated carbocycles. The van der Waals surface area contributed by atoms with Crippen LogP contribution in [0.1, 0.15) is 10.6 Å². The van der Waals surface area contributed by atoms with Crippen molar-refractivity contribution in [3.8, 4) is 11.5 Å². The fraction of sp³-hybridized carbons (Fsp3) is 0.200. The van der Waals surface area contributed by atoms with E-state index in [1.54, 1.807) is 0 Å². The molecule has 3 rings (SSSR count). The van der Waals surface area contributed by atoms with E-state index in [0.29, 0.717) is 19.0 Å². The number of fused-ring (bicyclic) bond motifs is 1. The van der Waals surface area contributed by atoms with E-state index in [2.05, 4.69) is 25.9 Å². The number of carbonyl (C=O) groups is 1. The van der Waals surface area contributed by atoms with Crippen molar-refractivity contribution in [3.05, 3.63) is 28.1 Å². The van der Waals surface area contributed by atoms with E-state index in [4.69, 9.17) is 9.47 Å². The van der Waals surface area contributed by atoms with Gasteiger partial charge in [0.2, 0.25) is 0 Å². The first-order chi connectivity index (χ1) is 10.1. The monoisotopic (exact) mass is 292 g/mol. The second-order valence-corrected chi connectivity index (χ2v) is 3.96. The van der Waals surface area contributed by atoms with E-state index >= 15 is 0 Å². The maximum atomic E-state index is 11.8. The number of aromatic nitrogens is 4. The zero-order chi connectivity index (χ0) is 14.8. The van der Waals surface area contributed by atoms with Gasteiger partial charge in [0, 0.05) is 6.07 Å². The van der Waals surface area contributed by atoms with Crippen LogP contribution in [-0.4, -0.2) is 44.7 Å². The summed E-state index contributed by atoms with van der Waals surface area (Å²) in [5.41, 5.74) is -0.366. The molecule has 0 bridgehead atoms. The molecule has 0 unspecified atom stereocenters. The molecule has 11 heteroatoms. The molecule has 1 aromatic carbocycles. The number of benzene rings is 1. The number of rotatable bonds is 3. The van der Waals surface area contributed by atoms with Gasteiger partial charge < -0.3 is 14.8 Å². The molecule has 0 atom stereocenters. The summed E-state index contributed by atoms with van der Waals surface area (Å²) in [7, 11) is 0. The maximum Gasteiger partial charge on any atom is 0.297 e. The first-order valence-electron chi connectivity index (χ1n) is 5.78. The molecule has 2 N–H and O–H groups in total. The highest BCUT2D eigenvalue weighted by Crippen LogP contribution is 2.39. The summed E-state index contributed by atoms with van der Waals surface area (Å²) in [6.07, 6.45) is 0. The number of nitrogens with one attached hydrogen (secondary N) is 2. The van der Waals surface area contributed by atoms with Gasteiger partial charge in [0.1, 0.15) is 18.9 Å². The number of hydrogen-bond donors (Lipinski definition) is 2. The van der Waals surface area contributed by atoms with Crippen molar-refractivity contribution < 1.29 is 19.2 Å². The quantitative estimate of drug-likeness (QED) is 0.599. The number of tetrazole rings is 1. The van der Waals surface area contributed by atoms with Crippen LogP contribution < -0.4 is 14.8 Å². The van der Waals surface area contributed by atoms with Gasteiger partial charge in [0.15, 0.2) is 11.5 Å². The van der Waals surface area contributed by atoms with E-state index in [1.807, 2.05) is 0 Å². The minimum absolute atomic E-state index is 0.0425. The lowest BCUT2D eigenvalue weighted by molar-refractivity contribution is -0.384. The zero-order valence-corrected chi connectivity index (χ0v) is 10.4. The topological polar surface area (TPSA) is 145 Å². The average molecular weight is 292 g/mol. The molecule has 0 saturated heterocycles. The predicted molar refractivity (Wildman–Crippen MR) is 66.2 cm³/mol. The van der Waals surface area contributed by atoms with Gasteiger partial charge in [0.25, 0.3) is 17.4 Å². The van der Waals surface area contributed by atoms with Crippen LogP contribution in [0.15, 0.2) is 12.1 Å². The van der Waals surface area contributed by atoms with Gasteiger partial charge in [-0.25, -0.2) is 0 Å². The molecule has 0 spiro atoms. The molecular weight excluding hydrogens is 284 g/mol. The average Bonchev–Trinajstić information content (AvgIpc) is 3.00. The Morgan fingerprint density at radius 3 is 2.67 bits per heavy atom. The molecule has 1 aliphatic heterocycles. The van der Waals surface area contributed by atoms with E-state index in [0.717, 1.165) is 0 Å². The fourth-order valence-electron chi connectivity index (χ4n) is 1.77. The number of carbonyl (C=O) groups excluding carboxylic acids is 1. The normalized spacial score (nSPS) is 12.8. The second-order valence-electron chi connectivity index (χ2n) is 3.96. The molecule has 11 nitrogen and oxygen atoms in total. The molecule has 2 aromatic rings. The number of aromatic amines is 1. The Labute approximate surface area is 116 Å². The molecule has 0 fully saturated rings. The number of nitrogens with zero attached hydrogens (tertiary/aromatic N) is 4. The van der Waals surface area contributed by atoms with Crippen molar-refractivity contribution in [3.63, 3.8) is 0 Å². The summed E-state index contributed by atoms with van der Waals surface area (Å²) >= 11 is 0. The van der Waals surface area contributed by atoms with Gasteiger partial charge in [0.05, 0.1) is 11.0 Å². The van der Waals surface area contributed by atoms with Crippen molar-refractivity contribution in [2.75, 3.05) is 18.5 Å². The molecule has 108 valence electrons. The third-order valence-corrected chi connectivity index (χ3v) is 2.65. The molecule has 0 aliphatic carbocycles. The van der Waals surface area contributed by atoms with Crippen LogP contribution in [0.5, 0.6) is 11.5 Å². The minimum atomic E-state index is -0.733. The summed E-state index contributed by atoms with van der Waals surface area (Å²) in [6.45, 7) is 0.627. The predicted octanol–water partition coefficient (Wildman–Crippen LogP) is 0.131. The first kappa shape index (κ1) is 12.8. The third-order valence-electron chi connectivity index (χ3n) is 2.65. The Morgan fingerprint density at radius 2 is 2.05 bits per heavy atom. The smallest absolute Gasteiger partial charge is 0.297 e. The maximum absolute atomic E-state index is 11.8. The standard InChI is InChI=1S/C10H8N6O5/c17-10(9-12-14-15-13-9)11-5-3-7-8(21-2-1-20-7)4-6(5)16(18)19/h3-4H,1-2H2,(H,11,17)(H,12,13,14,15). The Morgan fingerprint density at radius 1 is 1.33 bits per heavy atom. The number of ether oxygens (including phenoxy) is 2. The van der Waals surface area contributed by atoms with Crippen molar-refractivity contribution in [1.29, 1.82) is 0 Å². The summed E-state index contributed by atoms with van der Waals surface area (Å²) in [5, 5.41) is 25.8. The highest BCUT2D eigenvalue weighted by atomic mass is 16.6. The number of hydrogen-bond acceptors (Lipinski definition) is 8. The van der Waals surface area contributed by atoms with Crippen LogP contribution in [0.2, 0.25) is 0 Å². The van der Waals surface area contributed by atoms with Crippen LogP contribution >= 0.6 is 0 Å². The lowest BCUT2D eigenvalue weighted by atomic mass is 10.2. The van der Waals surface area contributed by atoms with Gasteiger partial charge >= 0.3 is 0 Å². The third kappa shape index (κ3) is 2.43. The van der Waals surface area contributed by atoms with E-state index in [-0.39, 0.29) is 22.9 Å². The Balaban J connectivity index is 1.96. The molecule has 2 heterocycles. The van der Waals surface area contributed by atoms with Gasteiger partial charge in [-0.15, -0.1) is 10.2 Å². The van der Waals surface area contributed by atoms with Crippen molar-refractivity contribution in [1.82, 2.24) is 20.6 Å². The lowest BCUT2D eigenvalue weighted by Crippen LogP contribution is -2.18. The molecule has 21 heavy (non-hydrogen) atoms. The summed E-state index contributed by atoms with van der Waals surface area (Å²) in [5.74, 6) is -0.400. The van der Waals surface area contributed by atoms with Gasteiger partial charge in [-0.2, -0.15) is 5.21 Å². The molecule has 1 amide bonds. The zero-order valence-electron chi connectivity index (χ0n) is 10.4. The van der Waals surface area contributed by atoms with Crippen LogP contribution in [0.4, 0.5) is 11.4 Å². The van der Waals surface area contributed by atoms with Crippen LogP contribution in [0.3, 0.4) is 0 Å².